The third-order valence-corrected chi connectivity index (χ3v) is 4.27. The molecule has 1 fully saturated rings. The molecule has 1 unspecified atom stereocenters. The fourth-order valence-electron chi connectivity index (χ4n) is 2.92. The van der Waals surface area contributed by atoms with Gasteiger partial charge in [0.05, 0.1) is 0 Å². The second kappa shape index (κ2) is 7.97. The molecule has 24 heavy (non-hydrogen) atoms. The van der Waals surface area contributed by atoms with Crippen molar-refractivity contribution in [3.63, 3.8) is 0 Å². The molecule has 1 aromatic carbocycles. The molecule has 2 rings (SSSR count). The molecule has 0 aromatic heterocycles. The van der Waals surface area contributed by atoms with Crippen molar-refractivity contribution in [2.75, 3.05) is 13.1 Å². The van der Waals surface area contributed by atoms with Gasteiger partial charge in [0.25, 0.3) is 0 Å². The van der Waals surface area contributed by atoms with E-state index in [-0.39, 0.29) is 11.9 Å². The minimum Gasteiger partial charge on any atom is -0.444 e. The highest BCUT2D eigenvalue weighted by Gasteiger charge is 2.25. The Labute approximate surface area is 144 Å². The molecule has 1 atom stereocenters. The van der Waals surface area contributed by atoms with Gasteiger partial charge < -0.3 is 15.0 Å². The summed E-state index contributed by atoms with van der Waals surface area (Å²) in [7, 11) is 0. The second-order valence-corrected chi connectivity index (χ2v) is 7.55. The number of rotatable bonds is 3. The van der Waals surface area contributed by atoms with Crippen LogP contribution in [0, 0.1) is 12.7 Å². The van der Waals surface area contributed by atoms with Crippen LogP contribution in [0.5, 0.6) is 0 Å². The predicted molar refractivity (Wildman–Crippen MR) is 93.4 cm³/mol. The lowest BCUT2D eigenvalue weighted by Crippen LogP contribution is -2.38. The van der Waals surface area contributed by atoms with Gasteiger partial charge in [0.15, 0.2) is 0 Å². The number of carbonyl (C=O) groups is 1. The summed E-state index contributed by atoms with van der Waals surface area (Å²) in [5, 5.41) is 3.54. The fraction of sp³-hybridized carbons (Fsp3) is 0.632. The summed E-state index contributed by atoms with van der Waals surface area (Å²) >= 11 is 0. The number of benzene rings is 1. The van der Waals surface area contributed by atoms with Gasteiger partial charge in [-0.25, -0.2) is 9.18 Å². The molecular formula is C19H29FN2O2. The third-order valence-electron chi connectivity index (χ3n) is 4.27. The molecule has 134 valence electrons. The maximum absolute atomic E-state index is 13.2. The number of ether oxygens (including phenoxy) is 1. The standard InChI is InChI=1S/C19H29FN2O2/c1-14-12-16(20)8-7-15(14)13-21-17-6-5-10-22(11-9-17)18(23)24-19(2,3)4/h7-8,12,17,21H,5-6,9-11,13H2,1-4H3. The first-order valence-electron chi connectivity index (χ1n) is 8.71. The number of nitrogens with one attached hydrogen (secondary N) is 1. The Bertz CT molecular complexity index is 569. The van der Waals surface area contributed by atoms with Crippen LogP contribution in [0.3, 0.4) is 0 Å². The second-order valence-electron chi connectivity index (χ2n) is 7.55. The number of likely N-dealkylation sites (tertiary alicyclic amines) is 1. The number of amides is 1. The first kappa shape index (κ1) is 18.7. The monoisotopic (exact) mass is 336 g/mol. The topological polar surface area (TPSA) is 41.6 Å². The Balaban J connectivity index is 1.83. The number of hydrogen-bond donors (Lipinski definition) is 1. The molecule has 1 heterocycles. The summed E-state index contributed by atoms with van der Waals surface area (Å²) in [5.41, 5.74) is 1.62. The van der Waals surface area contributed by atoms with E-state index >= 15 is 0 Å². The molecule has 4 nitrogen and oxygen atoms in total. The molecule has 1 saturated heterocycles. The van der Waals surface area contributed by atoms with E-state index in [4.69, 9.17) is 4.74 Å². The molecule has 0 radical (unpaired) electrons. The lowest BCUT2D eigenvalue weighted by atomic mass is 10.1. The van der Waals surface area contributed by atoms with Crippen LogP contribution in [0.25, 0.3) is 0 Å². The first-order valence-corrected chi connectivity index (χ1v) is 8.71. The van der Waals surface area contributed by atoms with Crippen LogP contribution in [-0.4, -0.2) is 35.7 Å². The highest BCUT2D eigenvalue weighted by molar-refractivity contribution is 5.68. The summed E-state index contributed by atoms with van der Waals surface area (Å²) in [6.07, 6.45) is 2.66. The highest BCUT2D eigenvalue weighted by atomic mass is 19.1. The zero-order valence-electron chi connectivity index (χ0n) is 15.2. The molecule has 1 aromatic rings. The van der Waals surface area contributed by atoms with Crippen LogP contribution in [-0.2, 0) is 11.3 Å². The quantitative estimate of drug-likeness (QED) is 0.907. The van der Waals surface area contributed by atoms with Crippen molar-refractivity contribution in [1.82, 2.24) is 10.2 Å². The van der Waals surface area contributed by atoms with Gasteiger partial charge in [-0.1, -0.05) is 6.07 Å². The van der Waals surface area contributed by atoms with Crippen LogP contribution in [0.4, 0.5) is 9.18 Å². The average Bonchev–Trinajstić information content (AvgIpc) is 2.70. The smallest absolute Gasteiger partial charge is 0.410 e. The van der Waals surface area contributed by atoms with Gasteiger partial charge in [-0.2, -0.15) is 0 Å². The van der Waals surface area contributed by atoms with E-state index in [0.29, 0.717) is 12.6 Å². The molecule has 1 amide bonds. The molecule has 0 aliphatic carbocycles. The van der Waals surface area contributed by atoms with Gasteiger partial charge in [0.2, 0.25) is 0 Å². The van der Waals surface area contributed by atoms with E-state index in [0.717, 1.165) is 43.5 Å². The van der Waals surface area contributed by atoms with Gasteiger partial charge in [-0.15, -0.1) is 0 Å². The van der Waals surface area contributed by atoms with Crippen molar-refractivity contribution in [3.05, 3.63) is 35.1 Å². The largest absolute Gasteiger partial charge is 0.444 e. The van der Waals surface area contributed by atoms with Crippen LogP contribution in [0.15, 0.2) is 18.2 Å². The molecule has 5 heteroatoms. The van der Waals surface area contributed by atoms with Crippen LogP contribution < -0.4 is 5.32 Å². The van der Waals surface area contributed by atoms with Gasteiger partial charge >= 0.3 is 6.09 Å². The number of hydrogen-bond acceptors (Lipinski definition) is 3. The van der Waals surface area contributed by atoms with E-state index in [2.05, 4.69) is 5.32 Å². The SMILES string of the molecule is Cc1cc(F)ccc1CNC1CCCN(C(=O)OC(C)(C)C)CC1. The molecule has 1 aliphatic heterocycles. The minimum absolute atomic E-state index is 0.196. The van der Waals surface area contributed by atoms with E-state index in [1.165, 1.54) is 6.07 Å². The summed E-state index contributed by atoms with van der Waals surface area (Å²) < 4.78 is 18.6. The van der Waals surface area contributed by atoms with Gasteiger partial charge in [-0.05, 0) is 70.2 Å². The number of nitrogens with zero attached hydrogens (tertiary/aromatic N) is 1. The lowest BCUT2D eigenvalue weighted by molar-refractivity contribution is 0.0256. The van der Waals surface area contributed by atoms with E-state index < -0.39 is 5.60 Å². The Morgan fingerprint density at radius 2 is 2.08 bits per heavy atom. The van der Waals surface area contributed by atoms with E-state index in [1.54, 1.807) is 11.0 Å². The Hall–Kier alpha value is -1.62. The average molecular weight is 336 g/mol. The van der Waals surface area contributed by atoms with Crippen molar-refractivity contribution in [2.24, 2.45) is 0 Å². The summed E-state index contributed by atoms with van der Waals surface area (Å²) in [6, 6.07) is 5.26. The Morgan fingerprint density at radius 3 is 2.75 bits per heavy atom. The van der Waals surface area contributed by atoms with E-state index in [9.17, 15) is 9.18 Å². The molecule has 1 aliphatic rings. The molecule has 0 bridgehead atoms. The summed E-state index contributed by atoms with van der Waals surface area (Å²) in [5.74, 6) is -0.196. The van der Waals surface area contributed by atoms with Gasteiger partial charge in [-0.3, -0.25) is 0 Å². The maximum atomic E-state index is 13.2. The van der Waals surface area contributed by atoms with Crippen LogP contribution >= 0.6 is 0 Å². The molecule has 0 saturated carbocycles. The summed E-state index contributed by atoms with van der Waals surface area (Å²) in [4.78, 5) is 14.0. The zero-order valence-corrected chi connectivity index (χ0v) is 15.2. The Kier molecular flexibility index (Phi) is 6.21. The Morgan fingerprint density at radius 1 is 1.33 bits per heavy atom. The van der Waals surface area contributed by atoms with Crippen molar-refractivity contribution in [3.8, 4) is 0 Å². The van der Waals surface area contributed by atoms with Crippen LogP contribution in [0.1, 0.15) is 51.2 Å². The highest BCUT2D eigenvalue weighted by Crippen LogP contribution is 2.17. The van der Waals surface area contributed by atoms with Gasteiger partial charge in [0, 0.05) is 25.7 Å². The number of halogens is 1. The molecular weight excluding hydrogens is 307 g/mol. The molecule has 0 spiro atoms. The number of carbonyl (C=O) groups excluding carboxylic acids is 1. The van der Waals surface area contributed by atoms with Crippen molar-refractivity contribution >= 4 is 6.09 Å². The van der Waals surface area contributed by atoms with Crippen molar-refractivity contribution < 1.29 is 13.9 Å². The minimum atomic E-state index is -0.457. The predicted octanol–water partition coefficient (Wildman–Crippen LogP) is 4.01. The summed E-state index contributed by atoms with van der Waals surface area (Å²) in [6.45, 7) is 9.76. The molecule has 1 N–H and O–H groups in total. The first-order chi connectivity index (χ1) is 11.2. The van der Waals surface area contributed by atoms with E-state index in [1.807, 2.05) is 33.8 Å². The fourth-order valence-corrected chi connectivity index (χ4v) is 2.92. The number of aryl methyl sites for hydroxylation is 1. The van der Waals surface area contributed by atoms with Crippen LogP contribution in [0.2, 0.25) is 0 Å². The zero-order chi connectivity index (χ0) is 17.7. The van der Waals surface area contributed by atoms with Gasteiger partial charge in [0.1, 0.15) is 11.4 Å². The lowest BCUT2D eigenvalue weighted by Gasteiger charge is -2.26. The third kappa shape index (κ3) is 5.78. The van der Waals surface area contributed by atoms with Crippen molar-refractivity contribution in [1.29, 1.82) is 0 Å². The normalized spacial score (nSPS) is 19.0. The van der Waals surface area contributed by atoms with Crippen molar-refractivity contribution in [2.45, 2.75) is 65.1 Å². The maximum Gasteiger partial charge on any atom is 0.410 e.